The lowest BCUT2D eigenvalue weighted by molar-refractivity contribution is -0.0754. The fourth-order valence-corrected chi connectivity index (χ4v) is 5.24. The van der Waals surface area contributed by atoms with Crippen LogP contribution in [0.3, 0.4) is 0 Å². The highest BCUT2D eigenvalue weighted by molar-refractivity contribution is 5.06. The van der Waals surface area contributed by atoms with Crippen molar-refractivity contribution in [1.29, 1.82) is 0 Å². The number of hydrogen-bond donors (Lipinski definition) is 0. The Morgan fingerprint density at radius 3 is 1.91 bits per heavy atom. The lowest BCUT2D eigenvalue weighted by Crippen LogP contribution is -2.42. The van der Waals surface area contributed by atoms with Crippen molar-refractivity contribution in [2.45, 2.75) is 134 Å². The van der Waals surface area contributed by atoms with E-state index >= 15 is 0 Å². The number of rotatable bonds is 16. The summed E-state index contributed by atoms with van der Waals surface area (Å²) in [6, 6.07) is 0. The Hall–Kier alpha value is -0.900. The van der Waals surface area contributed by atoms with Crippen LogP contribution < -0.4 is 0 Å². The molecular formula is C31H58O. The minimum atomic E-state index is -0.277. The van der Waals surface area contributed by atoms with Crippen LogP contribution in [0.4, 0.5) is 0 Å². The van der Waals surface area contributed by atoms with Crippen LogP contribution in [-0.4, -0.2) is 5.60 Å². The van der Waals surface area contributed by atoms with Crippen LogP contribution in [0.5, 0.6) is 0 Å². The Kier molecular flexibility index (Phi) is 12.7. The number of allylic oxidation sites excluding steroid dienone is 1. The zero-order valence-electron chi connectivity index (χ0n) is 24.0. The van der Waals surface area contributed by atoms with E-state index in [4.69, 9.17) is 11.2 Å². The Labute approximate surface area is 203 Å². The van der Waals surface area contributed by atoms with Gasteiger partial charge in [-0.25, -0.2) is 0 Å². The lowest BCUT2D eigenvalue weighted by Gasteiger charge is -2.45. The highest BCUT2D eigenvalue weighted by Gasteiger charge is 2.41. The van der Waals surface area contributed by atoms with Crippen LogP contribution in [0.2, 0.25) is 0 Å². The van der Waals surface area contributed by atoms with Gasteiger partial charge in [0.05, 0.1) is 5.76 Å². The van der Waals surface area contributed by atoms with Crippen molar-refractivity contribution >= 4 is 0 Å². The maximum Gasteiger partial charge on any atom is 0.106 e. The molecule has 0 rings (SSSR count). The van der Waals surface area contributed by atoms with Gasteiger partial charge in [0, 0.05) is 17.3 Å². The lowest BCUT2D eigenvalue weighted by atomic mass is 9.68. The molecule has 188 valence electrons. The molecular weight excluding hydrogens is 388 g/mol. The maximum absolute atomic E-state index is 6.64. The molecule has 0 saturated carbocycles. The van der Waals surface area contributed by atoms with E-state index in [1.807, 2.05) is 0 Å². The molecule has 0 fully saturated rings. The van der Waals surface area contributed by atoms with Crippen LogP contribution >= 0.6 is 0 Å². The molecule has 4 unspecified atom stereocenters. The molecule has 4 atom stereocenters. The zero-order chi connectivity index (χ0) is 25.3. The molecule has 0 aromatic heterocycles. The average Bonchev–Trinajstić information content (AvgIpc) is 2.64. The van der Waals surface area contributed by atoms with Gasteiger partial charge in [0.1, 0.15) is 5.60 Å². The summed E-state index contributed by atoms with van der Waals surface area (Å²) in [6.07, 6.45) is 14.3. The van der Waals surface area contributed by atoms with Crippen LogP contribution in [0.1, 0.15) is 128 Å². The third-order valence-corrected chi connectivity index (χ3v) is 7.97. The molecule has 0 aliphatic rings. The minimum absolute atomic E-state index is 0.142. The largest absolute Gasteiger partial charge is 0.492 e. The van der Waals surface area contributed by atoms with Crippen molar-refractivity contribution in [2.75, 3.05) is 0 Å². The van der Waals surface area contributed by atoms with Gasteiger partial charge >= 0.3 is 0 Å². The van der Waals surface area contributed by atoms with E-state index in [0.717, 1.165) is 30.4 Å². The fraction of sp³-hybridized carbons (Fsp3) is 0.871. The second-order valence-corrected chi connectivity index (χ2v) is 13.2. The standard InChI is InChI=1S/C31H58O/c1-15-17-24(5)21-25(6)18-19-29(9,10)26(7)31(13,14)32-27(8)30(11,12)22-28(16-2)20-23(3)4/h2,23-26,28H,8,15,17-22H2,1,3-7,9-14H3. The van der Waals surface area contributed by atoms with Crippen LogP contribution in [0.25, 0.3) is 0 Å². The second kappa shape index (κ2) is 13.1. The second-order valence-electron chi connectivity index (χ2n) is 13.2. The predicted molar refractivity (Wildman–Crippen MR) is 145 cm³/mol. The van der Waals surface area contributed by atoms with Crippen molar-refractivity contribution in [2.24, 2.45) is 40.4 Å². The van der Waals surface area contributed by atoms with Crippen molar-refractivity contribution in [3.63, 3.8) is 0 Å². The number of hydrogen-bond acceptors (Lipinski definition) is 1. The molecule has 0 saturated heterocycles. The van der Waals surface area contributed by atoms with Crippen molar-refractivity contribution in [3.05, 3.63) is 12.3 Å². The molecule has 0 spiro atoms. The van der Waals surface area contributed by atoms with Gasteiger partial charge in [-0.1, -0.05) is 95.1 Å². The first-order chi connectivity index (χ1) is 14.5. The molecule has 0 amide bonds. The Morgan fingerprint density at radius 1 is 0.906 bits per heavy atom. The molecule has 1 heteroatoms. The predicted octanol–water partition coefficient (Wildman–Crippen LogP) is 9.91. The first-order valence-electron chi connectivity index (χ1n) is 13.3. The minimum Gasteiger partial charge on any atom is -0.492 e. The highest BCUT2D eigenvalue weighted by Crippen LogP contribution is 2.45. The van der Waals surface area contributed by atoms with Crippen LogP contribution in [0.15, 0.2) is 12.3 Å². The molecule has 32 heavy (non-hydrogen) atoms. The van der Waals surface area contributed by atoms with Crippen LogP contribution in [-0.2, 0) is 4.74 Å². The van der Waals surface area contributed by atoms with Crippen molar-refractivity contribution in [1.82, 2.24) is 0 Å². The molecule has 1 nitrogen and oxygen atoms in total. The number of terminal acetylenes is 1. The van der Waals surface area contributed by atoms with Gasteiger partial charge in [-0.2, -0.15) is 0 Å². The van der Waals surface area contributed by atoms with Gasteiger partial charge in [0.15, 0.2) is 0 Å². The topological polar surface area (TPSA) is 9.23 Å². The van der Waals surface area contributed by atoms with E-state index < -0.39 is 0 Å². The van der Waals surface area contributed by atoms with Gasteiger partial charge in [0.25, 0.3) is 0 Å². The summed E-state index contributed by atoms with van der Waals surface area (Å²) in [5.74, 6) is 6.76. The third-order valence-electron chi connectivity index (χ3n) is 7.97. The molecule has 0 bridgehead atoms. The van der Waals surface area contributed by atoms with Gasteiger partial charge in [0.2, 0.25) is 0 Å². The highest BCUT2D eigenvalue weighted by atomic mass is 16.5. The van der Waals surface area contributed by atoms with Gasteiger partial charge in [-0.05, 0) is 62.7 Å². The average molecular weight is 447 g/mol. The first-order valence-corrected chi connectivity index (χ1v) is 13.3. The molecule has 0 radical (unpaired) electrons. The van der Waals surface area contributed by atoms with E-state index in [2.05, 4.69) is 95.6 Å². The fourth-order valence-electron chi connectivity index (χ4n) is 5.24. The van der Waals surface area contributed by atoms with Gasteiger partial charge in [-0.15, -0.1) is 12.3 Å². The third kappa shape index (κ3) is 10.8. The smallest absolute Gasteiger partial charge is 0.106 e. The summed E-state index contributed by atoms with van der Waals surface area (Å²) >= 11 is 0. The Morgan fingerprint density at radius 2 is 1.44 bits per heavy atom. The van der Waals surface area contributed by atoms with Gasteiger partial charge in [-0.3, -0.25) is 0 Å². The number of ether oxygens (including phenoxy) is 1. The Balaban J connectivity index is 5.07. The van der Waals surface area contributed by atoms with Crippen molar-refractivity contribution < 1.29 is 4.74 Å². The molecule has 0 heterocycles. The van der Waals surface area contributed by atoms with E-state index in [1.165, 1.54) is 32.1 Å². The maximum atomic E-state index is 6.64. The molecule has 0 N–H and O–H groups in total. The molecule has 0 aromatic rings. The molecule has 0 aliphatic heterocycles. The quantitative estimate of drug-likeness (QED) is 0.169. The first kappa shape index (κ1) is 31.1. The van der Waals surface area contributed by atoms with Crippen LogP contribution in [0, 0.1) is 52.8 Å². The normalized spacial score (nSPS) is 16.9. The SMILES string of the molecule is C#CC(CC(C)C)CC(C)(C)C(=C)OC(C)(C)C(C)C(C)(C)CCC(C)CC(C)CCC. The molecule has 0 aromatic carbocycles. The summed E-state index contributed by atoms with van der Waals surface area (Å²) < 4.78 is 6.64. The van der Waals surface area contributed by atoms with E-state index in [-0.39, 0.29) is 22.3 Å². The van der Waals surface area contributed by atoms with Gasteiger partial charge < -0.3 is 4.74 Å². The summed E-state index contributed by atoms with van der Waals surface area (Å²) in [4.78, 5) is 0. The van der Waals surface area contributed by atoms with E-state index in [9.17, 15) is 0 Å². The van der Waals surface area contributed by atoms with Crippen molar-refractivity contribution in [3.8, 4) is 12.3 Å². The van der Waals surface area contributed by atoms with E-state index in [0.29, 0.717) is 11.8 Å². The van der Waals surface area contributed by atoms with E-state index in [1.54, 1.807) is 0 Å². The molecule has 0 aliphatic carbocycles. The summed E-state index contributed by atoms with van der Waals surface area (Å²) in [5.41, 5.74) is -0.216. The summed E-state index contributed by atoms with van der Waals surface area (Å²) in [6.45, 7) is 32.1. The summed E-state index contributed by atoms with van der Waals surface area (Å²) in [5, 5.41) is 0. The Bertz CT molecular complexity index is 586. The monoisotopic (exact) mass is 446 g/mol. The zero-order valence-corrected chi connectivity index (χ0v) is 24.0. The summed E-state index contributed by atoms with van der Waals surface area (Å²) in [7, 11) is 0.